The van der Waals surface area contributed by atoms with E-state index in [1.807, 2.05) is 24.8 Å². The lowest BCUT2D eigenvalue weighted by Gasteiger charge is -2.19. The molecule has 0 fully saturated rings. The van der Waals surface area contributed by atoms with Crippen LogP contribution in [-0.4, -0.2) is 23.1 Å². The van der Waals surface area contributed by atoms with Crippen LogP contribution in [0.15, 0.2) is 0 Å². The number of nitrogen functional groups attached to an aromatic ring is 2. The zero-order valence-corrected chi connectivity index (χ0v) is 8.86. The summed E-state index contributed by atoms with van der Waals surface area (Å²) in [7, 11) is 0. The molecule has 0 spiro atoms. The van der Waals surface area contributed by atoms with Crippen LogP contribution in [-0.2, 0) is 0 Å². The van der Waals surface area contributed by atoms with Gasteiger partial charge in [-0.3, -0.25) is 0 Å². The highest BCUT2D eigenvalue weighted by Gasteiger charge is 2.12. The Morgan fingerprint density at radius 2 is 1.67 bits per heavy atom. The number of nitriles is 1. The van der Waals surface area contributed by atoms with Crippen molar-refractivity contribution in [2.24, 2.45) is 0 Å². The third-order valence-corrected chi connectivity index (χ3v) is 2.11. The molecule has 0 saturated heterocycles. The molecule has 0 bridgehead atoms. The lowest BCUT2D eigenvalue weighted by Crippen LogP contribution is -2.25. The Morgan fingerprint density at radius 1 is 1.20 bits per heavy atom. The summed E-state index contributed by atoms with van der Waals surface area (Å²) in [5.41, 5.74) is 11.3. The third kappa shape index (κ3) is 2.07. The summed E-state index contributed by atoms with van der Waals surface area (Å²) in [4.78, 5) is 9.98. The minimum absolute atomic E-state index is 0.131. The van der Waals surface area contributed by atoms with E-state index in [1.165, 1.54) is 0 Å². The highest BCUT2D eigenvalue weighted by Crippen LogP contribution is 2.18. The number of aromatic nitrogens is 2. The zero-order valence-electron chi connectivity index (χ0n) is 8.86. The van der Waals surface area contributed by atoms with Crippen molar-refractivity contribution >= 4 is 17.6 Å². The number of nitrogens with zero attached hydrogens (tertiary/aromatic N) is 4. The van der Waals surface area contributed by atoms with E-state index in [0.717, 1.165) is 13.1 Å². The van der Waals surface area contributed by atoms with Gasteiger partial charge < -0.3 is 16.4 Å². The molecule has 0 radical (unpaired) electrons. The number of nitrogens with two attached hydrogens (primary N) is 2. The summed E-state index contributed by atoms with van der Waals surface area (Å²) in [5.74, 6) is 0.729. The van der Waals surface area contributed by atoms with E-state index < -0.39 is 0 Å². The van der Waals surface area contributed by atoms with E-state index in [-0.39, 0.29) is 17.2 Å². The Bertz CT molecular complexity index is 367. The van der Waals surface area contributed by atoms with Crippen molar-refractivity contribution in [3.8, 4) is 6.07 Å². The van der Waals surface area contributed by atoms with Crippen LogP contribution in [0.2, 0.25) is 0 Å². The highest BCUT2D eigenvalue weighted by atomic mass is 15.3. The van der Waals surface area contributed by atoms with Crippen molar-refractivity contribution in [1.82, 2.24) is 9.97 Å². The molecule has 1 rings (SSSR count). The first kappa shape index (κ1) is 11.0. The molecule has 0 amide bonds. The van der Waals surface area contributed by atoms with Crippen molar-refractivity contribution in [2.75, 3.05) is 29.5 Å². The van der Waals surface area contributed by atoms with Gasteiger partial charge in [0.1, 0.15) is 23.3 Å². The van der Waals surface area contributed by atoms with E-state index in [0.29, 0.717) is 5.95 Å². The van der Waals surface area contributed by atoms with E-state index in [4.69, 9.17) is 16.7 Å². The Labute approximate surface area is 88.5 Å². The smallest absolute Gasteiger partial charge is 0.229 e. The number of anilines is 3. The van der Waals surface area contributed by atoms with Crippen LogP contribution >= 0.6 is 0 Å². The SMILES string of the molecule is CCN(CC)c1nc(N)c(C#N)c(N)n1. The van der Waals surface area contributed by atoms with Gasteiger partial charge in [0.2, 0.25) is 5.95 Å². The maximum atomic E-state index is 8.74. The normalized spacial score (nSPS) is 9.67. The lowest BCUT2D eigenvalue weighted by molar-refractivity contribution is 0.823. The van der Waals surface area contributed by atoms with E-state index in [2.05, 4.69) is 9.97 Å². The lowest BCUT2D eigenvalue weighted by atomic mass is 10.3. The fourth-order valence-corrected chi connectivity index (χ4v) is 1.25. The minimum Gasteiger partial charge on any atom is -0.382 e. The second kappa shape index (κ2) is 4.46. The maximum absolute atomic E-state index is 8.74. The van der Waals surface area contributed by atoms with Crippen LogP contribution < -0.4 is 16.4 Å². The first-order valence-corrected chi connectivity index (χ1v) is 4.72. The monoisotopic (exact) mass is 206 g/mol. The summed E-state index contributed by atoms with van der Waals surface area (Å²) in [6.07, 6.45) is 0. The van der Waals surface area contributed by atoms with E-state index in [1.54, 1.807) is 0 Å². The molecule has 0 aliphatic carbocycles. The molecule has 0 unspecified atom stereocenters. The van der Waals surface area contributed by atoms with Gasteiger partial charge in [-0.05, 0) is 13.8 Å². The van der Waals surface area contributed by atoms with Crippen LogP contribution in [0.25, 0.3) is 0 Å². The van der Waals surface area contributed by atoms with Gasteiger partial charge in [0, 0.05) is 13.1 Å². The number of hydrogen-bond donors (Lipinski definition) is 2. The first-order chi connectivity index (χ1) is 7.13. The standard InChI is InChI=1S/C9H14N6/c1-3-15(4-2)9-13-7(11)6(5-10)8(12)14-9/h3-4H2,1-2H3,(H4,11,12,13,14). The summed E-state index contributed by atoms with van der Waals surface area (Å²) >= 11 is 0. The van der Waals surface area contributed by atoms with Crippen molar-refractivity contribution in [3.63, 3.8) is 0 Å². The molecule has 0 aromatic carbocycles. The first-order valence-electron chi connectivity index (χ1n) is 4.72. The Balaban J connectivity index is 3.20. The third-order valence-electron chi connectivity index (χ3n) is 2.11. The topological polar surface area (TPSA) is 105 Å². The van der Waals surface area contributed by atoms with Gasteiger partial charge in [-0.25, -0.2) is 0 Å². The Kier molecular flexibility index (Phi) is 3.29. The van der Waals surface area contributed by atoms with E-state index in [9.17, 15) is 0 Å². The van der Waals surface area contributed by atoms with Gasteiger partial charge in [0.15, 0.2) is 0 Å². The molecule has 1 aromatic rings. The second-order valence-corrected chi connectivity index (χ2v) is 2.95. The summed E-state index contributed by atoms with van der Waals surface area (Å²) in [6, 6.07) is 1.87. The van der Waals surface area contributed by atoms with Gasteiger partial charge in [0.25, 0.3) is 0 Å². The van der Waals surface area contributed by atoms with Gasteiger partial charge in [-0.15, -0.1) is 0 Å². The van der Waals surface area contributed by atoms with Crippen molar-refractivity contribution < 1.29 is 0 Å². The van der Waals surface area contributed by atoms with Crippen molar-refractivity contribution in [3.05, 3.63) is 5.56 Å². The molecule has 6 nitrogen and oxygen atoms in total. The maximum Gasteiger partial charge on any atom is 0.229 e. The van der Waals surface area contributed by atoms with Crippen LogP contribution in [0.3, 0.4) is 0 Å². The molecular weight excluding hydrogens is 192 g/mol. The fraction of sp³-hybridized carbons (Fsp3) is 0.444. The highest BCUT2D eigenvalue weighted by molar-refractivity contribution is 5.63. The number of hydrogen-bond acceptors (Lipinski definition) is 6. The number of rotatable bonds is 3. The predicted octanol–water partition coefficient (Wildman–Crippen LogP) is 0.359. The Morgan fingerprint density at radius 3 is 2.00 bits per heavy atom. The molecule has 0 aliphatic rings. The largest absolute Gasteiger partial charge is 0.382 e. The van der Waals surface area contributed by atoms with Crippen LogP contribution in [0.1, 0.15) is 19.4 Å². The molecular formula is C9H14N6. The van der Waals surface area contributed by atoms with Crippen LogP contribution in [0.4, 0.5) is 17.6 Å². The summed E-state index contributed by atoms with van der Waals surface area (Å²) in [6.45, 7) is 5.50. The summed E-state index contributed by atoms with van der Waals surface area (Å²) < 4.78 is 0. The molecule has 6 heteroatoms. The Hall–Kier alpha value is -2.03. The molecule has 4 N–H and O–H groups in total. The minimum atomic E-state index is 0.131. The summed E-state index contributed by atoms with van der Waals surface area (Å²) in [5, 5.41) is 8.74. The predicted molar refractivity (Wildman–Crippen MR) is 59.1 cm³/mol. The van der Waals surface area contributed by atoms with Gasteiger partial charge in [-0.1, -0.05) is 0 Å². The van der Waals surface area contributed by atoms with Crippen molar-refractivity contribution in [2.45, 2.75) is 13.8 Å². The fourth-order valence-electron chi connectivity index (χ4n) is 1.25. The van der Waals surface area contributed by atoms with Crippen LogP contribution in [0.5, 0.6) is 0 Å². The van der Waals surface area contributed by atoms with Gasteiger partial charge in [-0.2, -0.15) is 15.2 Å². The van der Waals surface area contributed by atoms with E-state index >= 15 is 0 Å². The molecule has 15 heavy (non-hydrogen) atoms. The van der Waals surface area contributed by atoms with Gasteiger partial charge >= 0.3 is 0 Å². The van der Waals surface area contributed by atoms with Crippen LogP contribution in [0, 0.1) is 11.3 Å². The molecule has 1 aromatic heterocycles. The van der Waals surface area contributed by atoms with Crippen molar-refractivity contribution in [1.29, 1.82) is 5.26 Å². The molecule has 0 atom stereocenters. The average Bonchev–Trinajstić information content (AvgIpc) is 2.19. The zero-order chi connectivity index (χ0) is 11.4. The second-order valence-electron chi connectivity index (χ2n) is 2.95. The average molecular weight is 206 g/mol. The molecule has 1 heterocycles. The molecule has 0 aliphatic heterocycles. The molecule has 80 valence electrons. The quantitative estimate of drug-likeness (QED) is 0.739. The van der Waals surface area contributed by atoms with Gasteiger partial charge in [0.05, 0.1) is 0 Å². The molecule has 0 saturated carbocycles.